The molecule has 1 aliphatic heterocycles. The number of aromatic amines is 1. The second-order valence-corrected chi connectivity index (χ2v) is 6.33. The number of nitrogens with one attached hydrogen (secondary N) is 1. The number of benzene rings is 3. The van der Waals surface area contributed by atoms with Crippen LogP contribution in [0.15, 0.2) is 84.0 Å². The Labute approximate surface area is 151 Å². The number of rotatable bonds is 2. The fourth-order valence-electron chi connectivity index (χ4n) is 3.62. The van der Waals surface area contributed by atoms with Crippen molar-refractivity contribution in [3.8, 4) is 5.75 Å². The second-order valence-electron chi connectivity index (χ2n) is 6.33. The molecule has 0 saturated heterocycles. The van der Waals surface area contributed by atoms with Gasteiger partial charge < -0.3 is 10.1 Å². The van der Waals surface area contributed by atoms with Crippen LogP contribution in [-0.4, -0.2) is 16.3 Å². The van der Waals surface area contributed by atoms with Gasteiger partial charge in [-0.05, 0) is 18.2 Å². The van der Waals surface area contributed by atoms with Gasteiger partial charge >= 0.3 is 0 Å². The van der Waals surface area contributed by atoms with Crippen LogP contribution in [0.2, 0.25) is 0 Å². The van der Waals surface area contributed by atoms with Crippen molar-refractivity contribution in [2.45, 2.75) is 0 Å². The van der Waals surface area contributed by atoms with Crippen LogP contribution < -0.4 is 0 Å². The van der Waals surface area contributed by atoms with Crippen LogP contribution in [0.25, 0.3) is 22.0 Å². The van der Waals surface area contributed by atoms with Gasteiger partial charge in [0.05, 0.1) is 5.69 Å². The molecule has 0 unspecified atom stereocenters. The van der Waals surface area contributed by atoms with Crippen molar-refractivity contribution in [2.24, 2.45) is 4.99 Å². The molecule has 2 N–H and O–H groups in total. The molecule has 1 aromatic heterocycles. The van der Waals surface area contributed by atoms with Crippen molar-refractivity contribution in [2.75, 3.05) is 0 Å². The SMILES string of the molecule is Oc1ccccc1/C(=C1/C=Nc2ccccc21)c1c[nH]c2ccccc12. The van der Waals surface area contributed by atoms with Gasteiger partial charge in [-0.2, -0.15) is 0 Å². The zero-order valence-corrected chi connectivity index (χ0v) is 14.0. The molecule has 0 saturated carbocycles. The zero-order valence-electron chi connectivity index (χ0n) is 14.0. The molecule has 0 radical (unpaired) electrons. The molecule has 1 aliphatic rings. The van der Waals surface area contributed by atoms with E-state index in [0.29, 0.717) is 0 Å². The number of aromatic hydroxyl groups is 1. The molecule has 26 heavy (non-hydrogen) atoms. The Morgan fingerprint density at radius 1 is 0.808 bits per heavy atom. The Kier molecular flexibility index (Phi) is 3.25. The Morgan fingerprint density at radius 2 is 1.58 bits per heavy atom. The van der Waals surface area contributed by atoms with Crippen molar-refractivity contribution in [1.82, 2.24) is 4.98 Å². The highest BCUT2D eigenvalue weighted by Gasteiger charge is 2.22. The number of hydrogen-bond acceptors (Lipinski definition) is 2. The number of fused-ring (bicyclic) bond motifs is 2. The number of para-hydroxylation sites is 3. The van der Waals surface area contributed by atoms with E-state index in [1.807, 2.05) is 60.9 Å². The Bertz CT molecular complexity index is 1200. The summed E-state index contributed by atoms with van der Waals surface area (Å²) in [7, 11) is 0. The van der Waals surface area contributed by atoms with Crippen molar-refractivity contribution in [1.29, 1.82) is 0 Å². The first-order chi connectivity index (χ1) is 12.8. The number of allylic oxidation sites excluding steroid dienone is 1. The number of H-pyrrole nitrogens is 1. The van der Waals surface area contributed by atoms with Gasteiger partial charge in [-0.1, -0.05) is 54.6 Å². The van der Waals surface area contributed by atoms with Gasteiger partial charge in [-0.25, -0.2) is 0 Å². The molecule has 3 heteroatoms. The lowest BCUT2D eigenvalue weighted by molar-refractivity contribution is 0.473. The van der Waals surface area contributed by atoms with Gasteiger partial charge in [0.15, 0.2) is 0 Å². The number of aromatic nitrogens is 1. The van der Waals surface area contributed by atoms with Gasteiger partial charge in [0.1, 0.15) is 5.75 Å². The largest absolute Gasteiger partial charge is 0.507 e. The maximum Gasteiger partial charge on any atom is 0.123 e. The number of aliphatic imine (C=N–C) groups is 1. The molecule has 3 aromatic carbocycles. The van der Waals surface area contributed by atoms with Crippen molar-refractivity contribution < 1.29 is 5.11 Å². The fraction of sp³-hybridized carbons (Fsp3) is 0. The van der Waals surface area contributed by atoms with Gasteiger partial charge in [0, 0.05) is 51.2 Å². The van der Waals surface area contributed by atoms with Gasteiger partial charge in [0.2, 0.25) is 0 Å². The van der Waals surface area contributed by atoms with Gasteiger partial charge in [-0.3, -0.25) is 4.99 Å². The van der Waals surface area contributed by atoms with E-state index < -0.39 is 0 Å². The Morgan fingerprint density at radius 3 is 2.50 bits per heavy atom. The van der Waals surface area contributed by atoms with E-state index in [4.69, 9.17) is 0 Å². The Balaban J connectivity index is 1.88. The zero-order chi connectivity index (χ0) is 17.5. The van der Waals surface area contributed by atoms with E-state index in [1.54, 1.807) is 6.07 Å². The minimum absolute atomic E-state index is 0.262. The molecule has 0 bridgehead atoms. The first-order valence-corrected chi connectivity index (χ1v) is 8.55. The first kappa shape index (κ1) is 14.7. The third-order valence-corrected chi connectivity index (χ3v) is 4.83. The van der Waals surface area contributed by atoms with Crippen LogP contribution in [0, 0.1) is 0 Å². The molecule has 3 nitrogen and oxygen atoms in total. The molecule has 0 amide bonds. The topological polar surface area (TPSA) is 48.4 Å². The number of nitrogens with zero attached hydrogens (tertiary/aromatic N) is 1. The van der Waals surface area contributed by atoms with E-state index in [9.17, 15) is 5.11 Å². The Hall–Kier alpha value is -3.59. The van der Waals surface area contributed by atoms with Gasteiger partial charge in [-0.15, -0.1) is 0 Å². The van der Waals surface area contributed by atoms with Crippen molar-refractivity contribution in [3.63, 3.8) is 0 Å². The summed E-state index contributed by atoms with van der Waals surface area (Å²) in [4.78, 5) is 7.92. The molecular formula is C23H16N2O. The predicted molar refractivity (Wildman–Crippen MR) is 107 cm³/mol. The molecule has 0 fully saturated rings. The minimum Gasteiger partial charge on any atom is -0.507 e. The van der Waals surface area contributed by atoms with Crippen LogP contribution in [0.5, 0.6) is 5.75 Å². The minimum atomic E-state index is 0.262. The average Bonchev–Trinajstić information content (AvgIpc) is 3.29. The summed E-state index contributed by atoms with van der Waals surface area (Å²) in [6.45, 7) is 0. The number of phenols is 1. The summed E-state index contributed by atoms with van der Waals surface area (Å²) in [5, 5.41) is 11.7. The van der Waals surface area contributed by atoms with Crippen molar-refractivity contribution >= 4 is 34.0 Å². The quantitative estimate of drug-likeness (QED) is 0.495. The molecule has 124 valence electrons. The van der Waals surface area contributed by atoms with Crippen LogP contribution in [0.1, 0.15) is 16.7 Å². The highest BCUT2D eigenvalue weighted by molar-refractivity contribution is 6.28. The molecular weight excluding hydrogens is 320 g/mol. The van der Waals surface area contributed by atoms with E-state index >= 15 is 0 Å². The fourth-order valence-corrected chi connectivity index (χ4v) is 3.62. The second kappa shape index (κ2) is 5.74. The number of hydrogen-bond donors (Lipinski definition) is 2. The highest BCUT2D eigenvalue weighted by Crippen LogP contribution is 2.42. The lowest BCUT2D eigenvalue weighted by Crippen LogP contribution is -1.94. The molecule has 4 aromatic rings. The first-order valence-electron chi connectivity index (χ1n) is 8.55. The average molecular weight is 336 g/mol. The molecule has 0 atom stereocenters. The molecule has 0 spiro atoms. The van der Waals surface area contributed by atoms with Crippen molar-refractivity contribution in [3.05, 3.63) is 95.7 Å². The summed E-state index contributed by atoms with van der Waals surface area (Å²) in [6, 6.07) is 23.8. The third kappa shape index (κ3) is 2.18. The highest BCUT2D eigenvalue weighted by atomic mass is 16.3. The van der Waals surface area contributed by atoms with Crippen LogP contribution in [0.3, 0.4) is 0 Å². The smallest absolute Gasteiger partial charge is 0.123 e. The van der Waals surface area contributed by atoms with Crippen LogP contribution in [0.4, 0.5) is 5.69 Å². The van der Waals surface area contributed by atoms with E-state index in [2.05, 4.69) is 28.2 Å². The summed E-state index contributed by atoms with van der Waals surface area (Å²) in [5.41, 5.74) is 6.96. The normalized spacial score (nSPS) is 14.6. The maximum absolute atomic E-state index is 10.6. The number of phenolic OH excluding ortho intramolecular Hbond substituents is 1. The predicted octanol–water partition coefficient (Wildman–Crippen LogP) is 5.55. The molecule has 0 aliphatic carbocycles. The maximum atomic E-state index is 10.6. The summed E-state index contributed by atoms with van der Waals surface area (Å²) in [6.07, 6.45) is 3.91. The lowest BCUT2D eigenvalue weighted by Gasteiger charge is -2.13. The molecule has 2 heterocycles. The van der Waals surface area contributed by atoms with E-state index in [1.165, 1.54) is 0 Å². The summed E-state index contributed by atoms with van der Waals surface area (Å²) in [5.74, 6) is 0.262. The van der Waals surface area contributed by atoms with Crippen LogP contribution in [-0.2, 0) is 0 Å². The van der Waals surface area contributed by atoms with E-state index in [-0.39, 0.29) is 5.75 Å². The van der Waals surface area contributed by atoms with E-state index in [0.717, 1.165) is 44.4 Å². The van der Waals surface area contributed by atoms with Crippen LogP contribution >= 0.6 is 0 Å². The molecule has 5 rings (SSSR count). The summed E-state index contributed by atoms with van der Waals surface area (Å²) >= 11 is 0. The van der Waals surface area contributed by atoms with Gasteiger partial charge in [0.25, 0.3) is 0 Å². The lowest BCUT2D eigenvalue weighted by atomic mass is 9.89. The third-order valence-electron chi connectivity index (χ3n) is 4.83. The summed E-state index contributed by atoms with van der Waals surface area (Å²) < 4.78 is 0. The standard InChI is InChI=1S/C23H16N2O/c26-22-12-6-3-9-17(22)23(18-13-24-20-10-4-1-7-15(18)20)19-14-25-21-11-5-2-8-16(19)21/h1-14,24,26H/b23-19+. The monoisotopic (exact) mass is 336 g/mol.